The Labute approximate surface area is 166 Å². The molecule has 1 saturated heterocycles. The van der Waals surface area contributed by atoms with Gasteiger partial charge in [-0.25, -0.2) is 5.84 Å². The van der Waals surface area contributed by atoms with Crippen molar-refractivity contribution >= 4 is 5.91 Å². The third kappa shape index (κ3) is 5.45. The van der Waals surface area contributed by atoms with Crippen molar-refractivity contribution in [2.24, 2.45) is 5.84 Å². The highest BCUT2D eigenvalue weighted by atomic mass is 16.5. The zero-order valence-electron chi connectivity index (χ0n) is 16.3. The number of hydrazine groups is 1. The Morgan fingerprint density at radius 2 is 1.79 bits per heavy atom. The number of hydrogen-bond acceptors (Lipinski definition) is 6. The molecule has 2 aromatic carbocycles. The number of nitrogens with one attached hydrogen (secondary N) is 1. The van der Waals surface area contributed by atoms with Gasteiger partial charge in [0.05, 0.1) is 12.7 Å². The molecule has 7 heteroatoms. The molecule has 28 heavy (non-hydrogen) atoms. The number of nitrogens with two attached hydrogens (primary N) is 1. The number of ether oxygens (including phenoxy) is 2. The zero-order valence-corrected chi connectivity index (χ0v) is 16.3. The number of benzene rings is 2. The summed E-state index contributed by atoms with van der Waals surface area (Å²) in [6.07, 6.45) is 0. The maximum Gasteiger partial charge on any atom is 0.268 e. The molecule has 3 rings (SSSR count). The van der Waals surface area contributed by atoms with E-state index in [4.69, 9.17) is 15.3 Å². The highest BCUT2D eigenvalue weighted by Crippen LogP contribution is 2.24. The van der Waals surface area contributed by atoms with Gasteiger partial charge in [0.2, 0.25) is 0 Å². The third-order valence-electron chi connectivity index (χ3n) is 4.94. The SMILES string of the molecule is COc1cc(OCCN2CCN(Cc3ccccc3)CC2)ccc1C(=O)NN. The fourth-order valence-corrected chi connectivity index (χ4v) is 3.33. The number of hydrogen-bond donors (Lipinski definition) is 2. The largest absolute Gasteiger partial charge is 0.496 e. The Kier molecular flexibility index (Phi) is 7.25. The van der Waals surface area contributed by atoms with E-state index in [0.717, 1.165) is 39.3 Å². The van der Waals surface area contributed by atoms with Gasteiger partial charge in [-0.2, -0.15) is 0 Å². The van der Waals surface area contributed by atoms with Crippen LogP contribution in [-0.4, -0.2) is 62.1 Å². The highest BCUT2D eigenvalue weighted by Gasteiger charge is 2.17. The van der Waals surface area contributed by atoms with Crippen LogP contribution in [0.4, 0.5) is 0 Å². The minimum absolute atomic E-state index is 0.381. The Hall–Kier alpha value is -2.61. The monoisotopic (exact) mass is 384 g/mol. The Balaban J connectivity index is 1.42. The number of nitrogens with zero attached hydrogens (tertiary/aromatic N) is 2. The Morgan fingerprint density at radius 1 is 1.07 bits per heavy atom. The lowest BCUT2D eigenvalue weighted by Gasteiger charge is -2.34. The van der Waals surface area contributed by atoms with Crippen LogP contribution in [-0.2, 0) is 6.54 Å². The fraction of sp³-hybridized carbons (Fsp3) is 0.381. The lowest BCUT2D eigenvalue weighted by molar-refractivity contribution is 0.0950. The molecular formula is C21H28N4O3. The Morgan fingerprint density at radius 3 is 2.46 bits per heavy atom. The molecule has 0 aliphatic carbocycles. The molecule has 150 valence electrons. The number of carbonyl (C=O) groups excluding carboxylic acids is 1. The van der Waals surface area contributed by atoms with E-state index >= 15 is 0 Å². The average molecular weight is 384 g/mol. The molecule has 7 nitrogen and oxygen atoms in total. The maximum atomic E-state index is 11.7. The molecule has 1 fully saturated rings. The normalized spacial score (nSPS) is 15.2. The van der Waals surface area contributed by atoms with E-state index in [1.54, 1.807) is 18.2 Å². The van der Waals surface area contributed by atoms with Crippen molar-refractivity contribution in [3.8, 4) is 11.5 Å². The van der Waals surface area contributed by atoms with Crippen LogP contribution in [0.3, 0.4) is 0 Å². The Bertz CT molecular complexity index is 762. The summed E-state index contributed by atoms with van der Waals surface area (Å²) in [5.74, 6) is 5.91. The number of carbonyl (C=O) groups is 1. The number of amides is 1. The van der Waals surface area contributed by atoms with E-state index in [1.165, 1.54) is 12.7 Å². The second-order valence-corrected chi connectivity index (χ2v) is 6.79. The molecule has 0 unspecified atom stereocenters. The minimum Gasteiger partial charge on any atom is -0.496 e. The standard InChI is InChI=1S/C21H28N4O3/c1-27-20-15-18(7-8-19(20)21(26)23-22)28-14-13-24-9-11-25(12-10-24)16-17-5-3-2-4-6-17/h2-8,15H,9-14,16,22H2,1H3,(H,23,26). The van der Waals surface area contributed by atoms with E-state index in [9.17, 15) is 4.79 Å². The zero-order chi connectivity index (χ0) is 19.8. The second kappa shape index (κ2) is 10.1. The van der Waals surface area contributed by atoms with Gasteiger partial charge in [-0.05, 0) is 17.7 Å². The second-order valence-electron chi connectivity index (χ2n) is 6.79. The number of rotatable bonds is 8. The van der Waals surface area contributed by atoms with Crippen molar-refractivity contribution < 1.29 is 14.3 Å². The van der Waals surface area contributed by atoms with Crippen molar-refractivity contribution in [1.29, 1.82) is 0 Å². The molecule has 0 bridgehead atoms. The summed E-state index contributed by atoms with van der Waals surface area (Å²) in [4.78, 5) is 16.6. The maximum absolute atomic E-state index is 11.7. The van der Waals surface area contributed by atoms with Crippen molar-refractivity contribution in [3.05, 3.63) is 59.7 Å². The number of piperazine rings is 1. The van der Waals surface area contributed by atoms with Gasteiger partial charge in [-0.3, -0.25) is 20.0 Å². The van der Waals surface area contributed by atoms with E-state index < -0.39 is 5.91 Å². The van der Waals surface area contributed by atoms with Gasteiger partial charge < -0.3 is 9.47 Å². The van der Waals surface area contributed by atoms with E-state index in [0.29, 0.717) is 23.7 Å². The van der Waals surface area contributed by atoms with Gasteiger partial charge in [0, 0.05) is 45.3 Å². The smallest absolute Gasteiger partial charge is 0.268 e. The molecule has 0 radical (unpaired) electrons. The van der Waals surface area contributed by atoms with Gasteiger partial charge in [0.1, 0.15) is 18.1 Å². The van der Waals surface area contributed by atoms with Crippen LogP contribution in [0.15, 0.2) is 48.5 Å². The summed E-state index contributed by atoms with van der Waals surface area (Å²) in [7, 11) is 1.52. The number of nitrogen functional groups attached to an aromatic ring is 1. The minimum atomic E-state index is -0.392. The van der Waals surface area contributed by atoms with Crippen molar-refractivity contribution in [1.82, 2.24) is 15.2 Å². The lowest BCUT2D eigenvalue weighted by Crippen LogP contribution is -2.47. The summed E-state index contributed by atoms with van der Waals surface area (Å²) in [6.45, 7) is 6.66. The molecule has 0 saturated carbocycles. The molecule has 1 amide bonds. The first kappa shape index (κ1) is 20.1. The van der Waals surface area contributed by atoms with Gasteiger partial charge >= 0.3 is 0 Å². The molecule has 0 aromatic heterocycles. The molecule has 0 atom stereocenters. The highest BCUT2D eigenvalue weighted by molar-refractivity contribution is 5.96. The lowest BCUT2D eigenvalue weighted by atomic mass is 10.2. The first-order chi connectivity index (χ1) is 13.7. The first-order valence-electron chi connectivity index (χ1n) is 9.50. The summed E-state index contributed by atoms with van der Waals surface area (Å²) >= 11 is 0. The molecule has 2 aromatic rings. The molecule has 1 aliphatic heterocycles. The van der Waals surface area contributed by atoms with E-state index in [-0.39, 0.29) is 0 Å². The molecular weight excluding hydrogens is 356 g/mol. The van der Waals surface area contributed by atoms with Crippen LogP contribution in [0.2, 0.25) is 0 Å². The fourth-order valence-electron chi connectivity index (χ4n) is 3.33. The third-order valence-corrected chi connectivity index (χ3v) is 4.94. The van der Waals surface area contributed by atoms with Gasteiger partial charge in [-0.15, -0.1) is 0 Å². The van der Waals surface area contributed by atoms with Gasteiger partial charge in [0.25, 0.3) is 5.91 Å². The summed E-state index contributed by atoms with van der Waals surface area (Å²) in [5.41, 5.74) is 3.85. The van der Waals surface area contributed by atoms with Gasteiger partial charge in [-0.1, -0.05) is 30.3 Å². The van der Waals surface area contributed by atoms with Crippen molar-refractivity contribution in [2.45, 2.75) is 6.54 Å². The molecule has 3 N–H and O–H groups in total. The molecule has 0 spiro atoms. The molecule has 1 heterocycles. The predicted molar refractivity (Wildman–Crippen MR) is 108 cm³/mol. The van der Waals surface area contributed by atoms with E-state index in [2.05, 4.69) is 45.6 Å². The van der Waals surface area contributed by atoms with Crippen LogP contribution >= 0.6 is 0 Å². The van der Waals surface area contributed by atoms with Crippen LogP contribution in [0, 0.1) is 0 Å². The van der Waals surface area contributed by atoms with Crippen molar-refractivity contribution in [3.63, 3.8) is 0 Å². The van der Waals surface area contributed by atoms with Crippen LogP contribution in [0.5, 0.6) is 11.5 Å². The average Bonchev–Trinajstić information content (AvgIpc) is 2.75. The first-order valence-corrected chi connectivity index (χ1v) is 9.50. The van der Waals surface area contributed by atoms with Crippen molar-refractivity contribution in [2.75, 3.05) is 46.4 Å². The van der Waals surface area contributed by atoms with Crippen LogP contribution in [0.1, 0.15) is 15.9 Å². The van der Waals surface area contributed by atoms with Crippen LogP contribution < -0.4 is 20.7 Å². The summed E-state index contributed by atoms with van der Waals surface area (Å²) in [6, 6.07) is 15.7. The quantitative estimate of drug-likeness (QED) is 0.408. The summed E-state index contributed by atoms with van der Waals surface area (Å²) in [5, 5.41) is 0. The van der Waals surface area contributed by atoms with Crippen LogP contribution in [0.25, 0.3) is 0 Å². The van der Waals surface area contributed by atoms with Gasteiger partial charge in [0.15, 0.2) is 0 Å². The summed E-state index contributed by atoms with van der Waals surface area (Å²) < 4.78 is 11.1. The number of methoxy groups -OCH3 is 1. The molecule has 1 aliphatic rings. The topological polar surface area (TPSA) is 80.1 Å². The van der Waals surface area contributed by atoms with E-state index in [1.807, 2.05) is 0 Å². The predicted octanol–water partition coefficient (Wildman–Crippen LogP) is 1.50.